The number of hydrogen-bond donors (Lipinski definition) is 0. The maximum absolute atomic E-state index is 15.9. The fraction of sp³-hybridized carbons (Fsp3) is 0.308. The van der Waals surface area contributed by atoms with Gasteiger partial charge >= 0.3 is 45.9 Å². The molecule has 0 saturated carbocycles. The van der Waals surface area contributed by atoms with Crippen LogP contribution >= 0.6 is 0 Å². The highest BCUT2D eigenvalue weighted by molar-refractivity contribution is 7.20. The summed E-state index contributed by atoms with van der Waals surface area (Å²) in [5, 5.41) is 0. The van der Waals surface area contributed by atoms with E-state index in [0.29, 0.717) is 0 Å². The van der Waals surface area contributed by atoms with Gasteiger partial charge in [0.1, 0.15) is 74.9 Å². The van der Waals surface area contributed by atoms with Gasteiger partial charge in [0.15, 0.2) is 53.7 Å². The summed E-state index contributed by atoms with van der Waals surface area (Å²) < 4.78 is 412. The van der Waals surface area contributed by atoms with E-state index in [1.807, 2.05) is 0 Å². The molecule has 0 unspecified atom stereocenters. The van der Waals surface area contributed by atoms with Crippen molar-refractivity contribution in [2.45, 2.75) is 102 Å². The van der Waals surface area contributed by atoms with Crippen molar-refractivity contribution < 1.29 is 144 Å². The van der Waals surface area contributed by atoms with Crippen molar-refractivity contribution >= 4 is 28.0 Å². The molecular formula is C52H34BF28I. The fourth-order valence-electron chi connectivity index (χ4n) is 9.11. The van der Waals surface area contributed by atoms with Crippen LogP contribution in [-0.4, -0.2) is 6.15 Å². The van der Waals surface area contributed by atoms with Crippen LogP contribution in [0, 0.1) is 100 Å². The van der Waals surface area contributed by atoms with E-state index in [0.717, 1.165) is 0 Å². The number of unbranched alkanes of at least 4 members (excludes halogenated alkanes) is 9. The van der Waals surface area contributed by atoms with Crippen LogP contribution in [0.15, 0.2) is 54.6 Å². The lowest BCUT2D eigenvalue weighted by atomic mass is 9.12. The Balaban J connectivity index is 0.000000409. The van der Waals surface area contributed by atoms with Gasteiger partial charge in [-0.2, -0.15) is 52.7 Å². The molecule has 0 radical (unpaired) electrons. The molecule has 0 fully saturated rings. The molecule has 0 nitrogen and oxygen atoms in total. The van der Waals surface area contributed by atoms with Gasteiger partial charge in [0.25, 0.3) is 0 Å². The molecule has 0 aliphatic heterocycles. The van der Waals surface area contributed by atoms with Crippen molar-refractivity contribution in [1.82, 2.24) is 0 Å². The first kappa shape index (κ1) is 67.0. The van der Waals surface area contributed by atoms with Crippen LogP contribution in [0.25, 0.3) is 0 Å². The normalized spacial score (nSPS) is 12.5. The van der Waals surface area contributed by atoms with Crippen molar-refractivity contribution in [3.8, 4) is 0 Å². The molecule has 0 amide bonds. The minimum Gasteiger partial charge on any atom is -0.207 e. The lowest BCUT2D eigenvalue weighted by Gasteiger charge is -2.45. The summed E-state index contributed by atoms with van der Waals surface area (Å²) in [6.45, 7) is 2.29. The zero-order valence-electron chi connectivity index (χ0n) is 41.0. The molecule has 0 N–H and O–H groups in total. The van der Waals surface area contributed by atoms with Crippen LogP contribution in [0.2, 0.25) is 0 Å². The predicted octanol–water partition coefficient (Wildman–Crippen LogP) is 13.6. The number of hydrogen-bond acceptors (Lipinski definition) is 0. The Morgan fingerprint density at radius 1 is 0.293 bits per heavy atom. The second kappa shape index (κ2) is 26.0. The first-order valence-electron chi connectivity index (χ1n) is 23.6. The Hall–Kier alpha value is -5.85. The van der Waals surface area contributed by atoms with Crippen molar-refractivity contribution in [1.29, 1.82) is 0 Å². The van der Waals surface area contributed by atoms with Crippen LogP contribution in [0.5, 0.6) is 0 Å². The van der Waals surface area contributed by atoms with Crippen LogP contribution in [0.3, 0.4) is 0 Å². The van der Waals surface area contributed by atoms with Crippen LogP contribution in [0.4, 0.5) is 123 Å². The Kier molecular flexibility index (Phi) is 21.2. The van der Waals surface area contributed by atoms with E-state index in [1.54, 1.807) is 0 Å². The third kappa shape index (κ3) is 13.4. The van der Waals surface area contributed by atoms with E-state index < -0.39 is 168 Å². The van der Waals surface area contributed by atoms with Gasteiger partial charge < -0.3 is 0 Å². The van der Waals surface area contributed by atoms with E-state index in [1.165, 1.54) is 83.3 Å². The highest BCUT2D eigenvalue weighted by Crippen LogP contribution is 2.42. The van der Waals surface area contributed by atoms with Crippen molar-refractivity contribution in [3.63, 3.8) is 0 Å². The molecule has 0 bridgehead atoms. The Morgan fingerprint density at radius 2 is 0.524 bits per heavy atom. The molecule has 0 saturated heterocycles. The number of aryl methyl sites for hydroxylation is 1. The second-order valence-corrected chi connectivity index (χ2v) is 21.0. The summed E-state index contributed by atoms with van der Waals surface area (Å²) in [7, 11) is 0. The molecule has 448 valence electrons. The van der Waals surface area contributed by atoms with Gasteiger partial charge in [-0.1, -0.05) is 95.0 Å². The number of halogens is 29. The molecule has 0 atom stereocenters. The maximum atomic E-state index is 15.9. The highest BCUT2D eigenvalue weighted by atomic mass is 127. The molecule has 0 aliphatic rings. The first-order valence-corrected chi connectivity index (χ1v) is 25.8. The summed E-state index contributed by atoms with van der Waals surface area (Å²) in [4.78, 5) is 0. The number of rotatable bonds is 17. The summed E-state index contributed by atoms with van der Waals surface area (Å²) in [5.41, 5.74) is -31.9. The molecule has 82 heavy (non-hydrogen) atoms. The molecule has 0 aliphatic carbocycles. The summed E-state index contributed by atoms with van der Waals surface area (Å²) >= 11 is -0.0144. The minimum absolute atomic E-state index is 0.0144. The zero-order valence-corrected chi connectivity index (χ0v) is 43.2. The van der Waals surface area contributed by atoms with E-state index >= 15 is 70.2 Å². The van der Waals surface area contributed by atoms with Crippen LogP contribution in [-0.2, 0) is 31.1 Å². The van der Waals surface area contributed by atoms with Crippen molar-refractivity contribution in [2.75, 3.05) is 0 Å². The average Bonchev–Trinajstić information content (AvgIpc) is 1.75. The van der Waals surface area contributed by atoms with Gasteiger partial charge in [0.05, 0.1) is 0 Å². The molecule has 0 spiro atoms. The lowest BCUT2D eigenvalue weighted by Crippen LogP contribution is -3.61. The fourth-order valence-corrected chi connectivity index (χ4v) is 11.3. The van der Waals surface area contributed by atoms with Gasteiger partial charge in [0.2, 0.25) is 0 Å². The molecule has 30 heteroatoms. The van der Waals surface area contributed by atoms with Gasteiger partial charge in [-0.15, -0.1) is 21.9 Å². The Labute approximate surface area is 455 Å². The standard InChI is InChI=1S/C28BF28.C24H34I/c30-9-1(25(46,47)48)10(31)18(39)5(17(9)38)29(6-19(40)11(32)2(26(49,50)51)12(33)20(6)41,7-21(42)13(34)3(27(52,53)54)14(35)22(7)43)8-23(44)15(36)4(28(55,56)57)16(37)24(8)45;1-2-3-4-5-6-7-8-9-10-12-15-22-18-20-24(21-19-22)25-23-16-13-11-14-17-23/h;11,13-14,16-21H,2-10,12,15H2,1H3/q-1;+1. The van der Waals surface area contributed by atoms with E-state index in [-0.39, 0.29) is 21.2 Å². The second-order valence-electron chi connectivity index (χ2n) is 18.0. The molecule has 6 aromatic rings. The van der Waals surface area contributed by atoms with Gasteiger partial charge in [-0.25, -0.2) is 70.2 Å². The molecule has 6 aromatic carbocycles. The Bertz CT molecular complexity index is 2820. The molecule has 0 aromatic heterocycles. The summed E-state index contributed by atoms with van der Waals surface area (Å²) in [6.07, 6.45) is -20.3. The van der Waals surface area contributed by atoms with Crippen molar-refractivity contribution in [3.05, 3.63) is 183 Å². The minimum atomic E-state index is -8.18. The monoisotopic (exact) mass is 1330 g/mol. The topological polar surface area (TPSA) is 0 Å². The van der Waals surface area contributed by atoms with Crippen LogP contribution < -0.4 is 43.1 Å². The third-order valence-corrected chi connectivity index (χ3v) is 15.4. The average molecular weight is 1330 g/mol. The predicted molar refractivity (Wildman–Crippen MR) is 235 cm³/mol. The maximum Gasteiger partial charge on any atom is 0.422 e. The smallest absolute Gasteiger partial charge is 0.207 e. The SMILES string of the molecule is CCCCCCCCCCCCc1ccc([I+]c2ccccc2)cc1.Fc1c(F)c(C(F)(F)F)c(F)c(F)c1[B-](c1c(F)c(F)c(C(F)(F)F)c(F)c1F)(c1c(F)c(F)c(C(F)(F)F)c(F)c1F)c1c(F)c(F)c(C(F)(F)F)c(F)c1F. The third-order valence-electron chi connectivity index (χ3n) is 12.7. The summed E-state index contributed by atoms with van der Waals surface area (Å²) in [5.74, 6) is -69.9. The summed E-state index contributed by atoms with van der Waals surface area (Å²) in [6, 6.07) is 20.3. The van der Waals surface area contributed by atoms with E-state index in [9.17, 15) is 52.7 Å². The molecule has 0 heterocycles. The van der Waals surface area contributed by atoms with E-state index in [2.05, 4.69) is 61.5 Å². The highest BCUT2D eigenvalue weighted by Gasteiger charge is 2.56. The molecular weight excluding hydrogens is 1290 g/mol. The van der Waals surface area contributed by atoms with Gasteiger partial charge in [-0.3, -0.25) is 0 Å². The zero-order chi connectivity index (χ0) is 61.9. The number of alkyl halides is 12. The van der Waals surface area contributed by atoms with Crippen LogP contribution in [0.1, 0.15) is 98.9 Å². The van der Waals surface area contributed by atoms with Gasteiger partial charge in [0, 0.05) is 0 Å². The number of benzene rings is 6. The quantitative estimate of drug-likeness (QED) is 0.0281. The first-order chi connectivity index (χ1) is 37.9. The van der Waals surface area contributed by atoms with Crippen molar-refractivity contribution in [2.24, 2.45) is 0 Å². The van der Waals surface area contributed by atoms with E-state index in [4.69, 9.17) is 0 Å². The Morgan fingerprint density at radius 3 is 0.768 bits per heavy atom. The largest absolute Gasteiger partial charge is 0.422 e. The molecule has 6 rings (SSSR count). The van der Waals surface area contributed by atoms with Gasteiger partial charge in [-0.05, 0) is 42.7 Å². The lowest BCUT2D eigenvalue weighted by molar-refractivity contribution is -0.597.